The van der Waals surface area contributed by atoms with Gasteiger partial charge in [0.1, 0.15) is 0 Å². The van der Waals surface area contributed by atoms with Crippen LogP contribution < -0.4 is 0 Å². The lowest BCUT2D eigenvalue weighted by molar-refractivity contribution is 0.153. The molecular weight excluding hydrogens is 354 g/mol. The second-order valence-corrected chi connectivity index (χ2v) is 7.33. The van der Waals surface area contributed by atoms with Crippen LogP contribution in [0.3, 0.4) is 0 Å². The predicted octanol–water partition coefficient (Wildman–Crippen LogP) is 4.75. The van der Waals surface area contributed by atoms with Gasteiger partial charge in [-0.1, -0.05) is 37.3 Å². The molecule has 0 aliphatic rings. The summed E-state index contributed by atoms with van der Waals surface area (Å²) in [4.78, 5) is 6.50. The molecule has 0 atom stereocenters. The van der Waals surface area contributed by atoms with Crippen molar-refractivity contribution in [1.82, 2.24) is 24.2 Å². The summed E-state index contributed by atoms with van der Waals surface area (Å²) in [5.41, 5.74) is 2.34. The minimum absolute atomic E-state index is 0.382. The first-order valence-corrected chi connectivity index (χ1v) is 9.87. The number of pyridine rings is 1. The molecule has 2 aromatic heterocycles. The first kappa shape index (κ1) is 19.5. The summed E-state index contributed by atoms with van der Waals surface area (Å²) in [5, 5.41) is 4.87. The van der Waals surface area contributed by atoms with E-state index in [2.05, 4.69) is 59.5 Å². The molecule has 0 saturated carbocycles. The molecule has 27 heavy (non-hydrogen) atoms. The quantitative estimate of drug-likeness (QED) is 0.528. The fraction of sp³-hybridized carbons (Fsp3) is 0.381. The van der Waals surface area contributed by atoms with Gasteiger partial charge in [-0.2, -0.15) is 5.10 Å². The molecule has 0 aliphatic heterocycles. The summed E-state index contributed by atoms with van der Waals surface area (Å²) >= 11 is 5.77. The van der Waals surface area contributed by atoms with Crippen molar-refractivity contribution in [3.8, 4) is 11.4 Å². The highest BCUT2D eigenvalue weighted by Gasteiger charge is 2.16. The van der Waals surface area contributed by atoms with E-state index >= 15 is 0 Å². The largest absolute Gasteiger partial charge is 0.300 e. The first-order valence-electron chi connectivity index (χ1n) is 9.46. The molecule has 142 valence electrons. The van der Waals surface area contributed by atoms with Crippen LogP contribution in [-0.2, 0) is 19.8 Å². The van der Waals surface area contributed by atoms with Crippen LogP contribution in [0.5, 0.6) is 0 Å². The lowest BCUT2D eigenvalue weighted by Crippen LogP contribution is -2.33. The van der Waals surface area contributed by atoms with Gasteiger partial charge in [0.15, 0.2) is 10.6 Å². The van der Waals surface area contributed by atoms with Crippen LogP contribution in [0.4, 0.5) is 0 Å². The molecule has 2 heterocycles. The smallest absolute Gasteiger partial charge is 0.199 e. The van der Waals surface area contributed by atoms with E-state index in [4.69, 9.17) is 17.3 Å². The van der Waals surface area contributed by atoms with E-state index in [0.717, 1.165) is 35.7 Å². The highest BCUT2D eigenvalue weighted by Crippen LogP contribution is 2.19. The second-order valence-electron chi connectivity index (χ2n) is 6.96. The zero-order chi connectivity index (χ0) is 19.2. The molecule has 0 spiro atoms. The van der Waals surface area contributed by atoms with E-state index in [1.807, 2.05) is 22.9 Å². The number of aromatic nitrogens is 4. The van der Waals surface area contributed by atoms with E-state index in [1.165, 1.54) is 5.56 Å². The van der Waals surface area contributed by atoms with E-state index in [0.29, 0.717) is 12.7 Å². The number of hydrogen-bond donors (Lipinski definition) is 0. The van der Waals surface area contributed by atoms with Gasteiger partial charge in [0, 0.05) is 37.1 Å². The Bertz CT molecular complexity index is 899. The second kappa shape index (κ2) is 9.06. The molecular formula is C21H27N5S. The van der Waals surface area contributed by atoms with Crippen molar-refractivity contribution in [2.24, 2.45) is 0 Å². The van der Waals surface area contributed by atoms with E-state index in [1.54, 1.807) is 12.4 Å². The van der Waals surface area contributed by atoms with Gasteiger partial charge in [0.25, 0.3) is 0 Å². The molecule has 0 N–H and O–H groups in total. The summed E-state index contributed by atoms with van der Waals surface area (Å²) in [6.45, 7) is 8.96. The molecule has 5 nitrogen and oxygen atoms in total. The minimum Gasteiger partial charge on any atom is -0.300 e. The fourth-order valence-corrected chi connectivity index (χ4v) is 3.34. The van der Waals surface area contributed by atoms with Crippen molar-refractivity contribution in [3.05, 3.63) is 65.2 Å². The van der Waals surface area contributed by atoms with Crippen molar-refractivity contribution < 1.29 is 0 Å². The Hall–Kier alpha value is -2.31. The lowest BCUT2D eigenvalue weighted by atomic mass is 10.2. The first-order chi connectivity index (χ1) is 13.1. The van der Waals surface area contributed by atoms with Gasteiger partial charge >= 0.3 is 0 Å². The summed E-state index contributed by atoms with van der Waals surface area (Å²) in [6.07, 6.45) is 4.60. The third-order valence-corrected chi connectivity index (χ3v) is 5.01. The topological polar surface area (TPSA) is 38.9 Å². The van der Waals surface area contributed by atoms with Gasteiger partial charge in [0.2, 0.25) is 0 Å². The predicted molar refractivity (Wildman–Crippen MR) is 112 cm³/mol. The maximum Gasteiger partial charge on any atom is 0.199 e. The standard InChI is InChI=1S/C21H27N5S/c1-4-14-25-20(19-10-12-22-13-11-19)23-26(21(25)27)16-24(17(2)3)15-18-8-6-5-7-9-18/h5-13,17H,4,14-16H2,1-3H3. The van der Waals surface area contributed by atoms with Crippen LogP contribution in [0.2, 0.25) is 0 Å². The van der Waals surface area contributed by atoms with Crippen LogP contribution in [-0.4, -0.2) is 30.3 Å². The number of hydrogen-bond acceptors (Lipinski definition) is 4. The van der Waals surface area contributed by atoms with Gasteiger partial charge in [-0.25, -0.2) is 4.68 Å². The normalized spacial score (nSPS) is 11.4. The minimum atomic E-state index is 0.382. The molecule has 6 heteroatoms. The molecule has 0 aliphatic carbocycles. The van der Waals surface area contributed by atoms with Gasteiger partial charge in [0.05, 0.1) is 6.67 Å². The molecule has 0 fully saturated rings. The Morgan fingerprint density at radius 2 is 1.78 bits per heavy atom. The van der Waals surface area contributed by atoms with Crippen LogP contribution in [0.1, 0.15) is 32.8 Å². The average molecular weight is 382 g/mol. The molecule has 3 aromatic rings. The van der Waals surface area contributed by atoms with Crippen molar-refractivity contribution in [1.29, 1.82) is 0 Å². The zero-order valence-corrected chi connectivity index (χ0v) is 17.1. The Balaban J connectivity index is 1.92. The molecule has 0 saturated heterocycles. The monoisotopic (exact) mass is 381 g/mol. The molecule has 1 aromatic carbocycles. The van der Waals surface area contributed by atoms with Crippen molar-refractivity contribution in [2.75, 3.05) is 0 Å². The average Bonchev–Trinajstić information content (AvgIpc) is 2.99. The lowest BCUT2D eigenvalue weighted by Gasteiger charge is -2.26. The van der Waals surface area contributed by atoms with Crippen LogP contribution in [0, 0.1) is 4.77 Å². The zero-order valence-electron chi connectivity index (χ0n) is 16.2. The fourth-order valence-electron chi connectivity index (χ4n) is 3.06. The van der Waals surface area contributed by atoms with Gasteiger partial charge in [-0.05, 0) is 50.2 Å². The summed E-state index contributed by atoms with van der Waals surface area (Å²) < 4.78 is 4.84. The third kappa shape index (κ3) is 4.70. The Morgan fingerprint density at radius 1 is 1.07 bits per heavy atom. The Labute approximate surface area is 166 Å². The Morgan fingerprint density at radius 3 is 2.41 bits per heavy atom. The third-order valence-electron chi connectivity index (χ3n) is 4.58. The summed E-state index contributed by atoms with van der Waals surface area (Å²) in [7, 11) is 0. The molecule has 0 amide bonds. The highest BCUT2D eigenvalue weighted by molar-refractivity contribution is 7.71. The van der Waals surface area contributed by atoms with Gasteiger partial charge in [-0.15, -0.1) is 0 Å². The summed E-state index contributed by atoms with van der Waals surface area (Å²) in [6, 6.07) is 14.9. The molecule has 0 radical (unpaired) electrons. The highest BCUT2D eigenvalue weighted by atomic mass is 32.1. The van der Waals surface area contributed by atoms with Crippen LogP contribution in [0.15, 0.2) is 54.9 Å². The van der Waals surface area contributed by atoms with E-state index in [-0.39, 0.29) is 0 Å². The van der Waals surface area contributed by atoms with Crippen molar-refractivity contribution >= 4 is 12.2 Å². The molecule has 0 unspecified atom stereocenters. The van der Waals surface area contributed by atoms with E-state index in [9.17, 15) is 0 Å². The van der Waals surface area contributed by atoms with Crippen molar-refractivity contribution in [3.63, 3.8) is 0 Å². The van der Waals surface area contributed by atoms with E-state index < -0.39 is 0 Å². The summed E-state index contributed by atoms with van der Waals surface area (Å²) in [5.74, 6) is 0.910. The van der Waals surface area contributed by atoms with Gasteiger partial charge in [-0.3, -0.25) is 14.5 Å². The van der Waals surface area contributed by atoms with Gasteiger partial charge < -0.3 is 0 Å². The van der Waals surface area contributed by atoms with Crippen LogP contribution >= 0.6 is 12.2 Å². The maximum atomic E-state index is 5.77. The van der Waals surface area contributed by atoms with Crippen LogP contribution in [0.25, 0.3) is 11.4 Å². The number of benzene rings is 1. The SMILES string of the molecule is CCCn1c(-c2ccncc2)nn(CN(Cc2ccccc2)C(C)C)c1=S. The van der Waals surface area contributed by atoms with Crippen molar-refractivity contribution in [2.45, 2.75) is 53.0 Å². The maximum absolute atomic E-state index is 5.77. The number of rotatable bonds is 8. The molecule has 3 rings (SSSR count). The Kier molecular flexibility index (Phi) is 6.53. The number of nitrogens with zero attached hydrogens (tertiary/aromatic N) is 5. The molecule has 0 bridgehead atoms.